The summed E-state index contributed by atoms with van der Waals surface area (Å²) >= 11 is 0. The number of nitrogens with one attached hydrogen (secondary N) is 1. The zero-order chi connectivity index (χ0) is 15.2. The van der Waals surface area contributed by atoms with Gasteiger partial charge in [0.25, 0.3) is 5.91 Å². The van der Waals surface area contributed by atoms with Crippen molar-refractivity contribution in [2.24, 2.45) is 16.8 Å². The van der Waals surface area contributed by atoms with Crippen LogP contribution in [0.1, 0.15) is 48.0 Å². The minimum atomic E-state index is -0.401. The van der Waals surface area contributed by atoms with E-state index in [1.165, 1.54) is 6.42 Å². The Labute approximate surface area is 125 Å². The number of benzene rings is 1. The fraction of sp³-hybridized carbons (Fsp3) is 0.500. The molecule has 1 atom stereocenters. The van der Waals surface area contributed by atoms with Gasteiger partial charge in [-0.1, -0.05) is 42.6 Å². The molecule has 5 heteroatoms. The van der Waals surface area contributed by atoms with E-state index >= 15 is 0 Å². The van der Waals surface area contributed by atoms with Crippen LogP contribution in [0.5, 0.6) is 0 Å². The molecule has 1 aliphatic rings. The monoisotopic (exact) mass is 289 g/mol. The maximum Gasteiger partial charge on any atom is 0.252 e. The Hall–Kier alpha value is -2.04. The van der Waals surface area contributed by atoms with Crippen LogP contribution in [0.15, 0.2) is 29.4 Å². The molecule has 0 saturated heterocycles. The number of nitrogens with zero attached hydrogens (tertiary/aromatic N) is 1. The van der Waals surface area contributed by atoms with E-state index in [9.17, 15) is 4.79 Å². The molecule has 1 aromatic carbocycles. The fourth-order valence-corrected chi connectivity index (χ4v) is 3.01. The Morgan fingerprint density at radius 1 is 1.33 bits per heavy atom. The van der Waals surface area contributed by atoms with Crippen LogP contribution in [0.2, 0.25) is 0 Å². The van der Waals surface area contributed by atoms with E-state index in [-0.39, 0.29) is 17.7 Å². The average Bonchev–Trinajstić information content (AvgIpc) is 2.53. The molecule has 1 aliphatic carbocycles. The number of amides is 1. The first kappa shape index (κ1) is 15.4. The number of rotatable bonds is 4. The molecule has 1 aromatic rings. The highest BCUT2D eigenvalue weighted by Crippen LogP contribution is 2.27. The molecule has 0 bridgehead atoms. The Morgan fingerprint density at radius 3 is 2.62 bits per heavy atom. The fourth-order valence-electron chi connectivity index (χ4n) is 3.01. The highest BCUT2D eigenvalue weighted by atomic mass is 16.4. The summed E-state index contributed by atoms with van der Waals surface area (Å²) in [4.78, 5) is 12.4. The quantitative estimate of drug-likeness (QED) is 0.344. The first-order valence-electron chi connectivity index (χ1n) is 7.47. The van der Waals surface area contributed by atoms with E-state index in [0.717, 1.165) is 31.2 Å². The molecule has 0 radical (unpaired) electrons. The summed E-state index contributed by atoms with van der Waals surface area (Å²) in [6.07, 6.45) is 5.45. The van der Waals surface area contributed by atoms with Crippen LogP contribution in [0.25, 0.3) is 0 Å². The molecule has 1 amide bonds. The van der Waals surface area contributed by atoms with E-state index in [4.69, 9.17) is 10.9 Å². The average molecular weight is 289 g/mol. The van der Waals surface area contributed by atoms with Gasteiger partial charge in [-0.05, 0) is 37.3 Å². The minimum absolute atomic E-state index is 0.0869. The number of nitrogens with two attached hydrogens (primary N) is 1. The summed E-state index contributed by atoms with van der Waals surface area (Å²) < 4.78 is 0. The summed E-state index contributed by atoms with van der Waals surface area (Å²) in [5.41, 5.74) is 7.34. The number of hydrogen-bond donors (Lipinski definition) is 3. The van der Waals surface area contributed by atoms with Crippen molar-refractivity contribution in [1.29, 1.82) is 0 Å². The van der Waals surface area contributed by atoms with Crippen molar-refractivity contribution in [3.8, 4) is 0 Å². The smallest absolute Gasteiger partial charge is 0.252 e. The van der Waals surface area contributed by atoms with Crippen LogP contribution in [-0.4, -0.2) is 23.0 Å². The zero-order valence-corrected chi connectivity index (χ0v) is 12.4. The molecule has 5 nitrogen and oxygen atoms in total. The van der Waals surface area contributed by atoms with E-state index in [0.29, 0.717) is 5.56 Å². The molecule has 2 rings (SSSR count). The predicted molar refractivity (Wildman–Crippen MR) is 82.4 cm³/mol. The molecular weight excluding hydrogens is 266 g/mol. The predicted octanol–water partition coefficient (Wildman–Crippen LogP) is 2.42. The molecule has 1 saturated carbocycles. The van der Waals surface area contributed by atoms with Crippen molar-refractivity contribution < 1.29 is 10.0 Å². The van der Waals surface area contributed by atoms with Crippen LogP contribution in [0, 0.1) is 12.8 Å². The minimum Gasteiger partial charge on any atom is -0.409 e. The van der Waals surface area contributed by atoms with Gasteiger partial charge < -0.3 is 16.3 Å². The van der Waals surface area contributed by atoms with E-state index in [2.05, 4.69) is 10.5 Å². The van der Waals surface area contributed by atoms with Gasteiger partial charge in [0.2, 0.25) is 0 Å². The van der Waals surface area contributed by atoms with Gasteiger partial charge >= 0.3 is 0 Å². The molecule has 0 aliphatic heterocycles. The molecule has 1 unspecified atom stereocenters. The lowest BCUT2D eigenvalue weighted by molar-refractivity contribution is 0.0930. The molecule has 0 spiro atoms. The Balaban J connectivity index is 2.15. The van der Waals surface area contributed by atoms with Crippen LogP contribution in [-0.2, 0) is 0 Å². The van der Waals surface area contributed by atoms with Crippen LogP contribution < -0.4 is 11.1 Å². The number of hydrogen-bond acceptors (Lipinski definition) is 3. The Morgan fingerprint density at radius 2 is 2.00 bits per heavy atom. The third-order valence-electron chi connectivity index (χ3n) is 4.23. The summed E-state index contributed by atoms with van der Waals surface area (Å²) in [7, 11) is 0. The maximum absolute atomic E-state index is 12.4. The molecule has 114 valence electrons. The molecule has 1 fully saturated rings. The van der Waals surface area contributed by atoms with Crippen molar-refractivity contribution in [3.63, 3.8) is 0 Å². The molecule has 4 N–H and O–H groups in total. The lowest BCUT2D eigenvalue weighted by Crippen LogP contribution is -2.49. The van der Waals surface area contributed by atoms with E-state index in [1.807, 2.05) is 25.1 Å². The SMILES string of the molecule is Cc1ccccc1C(=O)NC(/C(N)=N/O)C1CCCCC1. The topological polar surface area (TPSA) is 87.7 Å². The molecule has 0 aromatic heterocycles. The van der Waals surface area contributed by atoms with Crippen molar-refractivity contribution >= 4 is 11.7 Å². The normalized spacial score (nSPS) is 18.2. The number of oxime groups is 1. The summed E-state index contributed by atoms with van der Waals surface area (Å²) in [6, 6.07) is 7.01. The first-order chi connectivity index (χ1) is 10.1. The van der Waals surface area contributed by atoms with Gasteiger partial charge in [0.1, 0.15) is 0 Å². The summed E-state index contributed by atoms with van der Waals surface area (Å²) in [5, 5.41) is 15.0. The van der Waals surface area contributed by atoms with E-state index in [1.54, 1.807) is 6.07 Å². The van der Waals surface area contributed by atoms with Crippen molar-refractivity contribution in [1.82, 2.24) is 5.32 Å². The molecule has 21 heavy (non-hydrogen) atoms. The third-order valence-corrected chi connectivity index (χ3v) is 4.23. The molecule has 0 heterocycles. The number of carbonyl (C=O) groups excluding carboxylic acids is 1. The molecular formula is C16H23N3O2. The van der Waals surface area contributed by atoms with Crippen molar-refractivity contribution in [2.75, 3.05) is 0 Å². The first-order valence-corrected chi connectivity index (χ1v) is 7.47. The summed E-state index contributed by atoms with van der Waals surface area (Å²) in [5.74, 6) is 0.154. The van der Waals surface area contributed by atoms with Gasteiger partial charge in [-0.15, -0.1) is 0 Å². The Kier molecular flexibility index (Phi) is 5.20. The second kappa shape index (κ2) is 7.11. The van der Waals surface area contributed by atoms with Gasteiger partial charge in [0.15, 0.2) is 5.84 Å². The second-order valence-corrected chi connectivity index (χ2v) is 5.69. The number of carbonyl (C=O) groups is 1. The highest BCUT2D eigenvalue weighted by Gasteiger charge is 2.29. The van der Waals surface area contributed by atoms with Crippen LogP contribution in [0.4, 0.5) is 0 Å². The highest BCUT2D eigenvalue weighted by molar-refractivity contribution is 5.99. The van der Waals surface area contributed by atoms with Gasteiger partial charge in [-0.2, -0.15) is 0 Å². The summed E-state index contributed by atoms with van der Waals surface area (Å²) in [6.45, 7) is 1.90. The lowest BCUT2D eigenvalue weighted by Gasteiger charge is -2.30. The number of aryl methyl sites for hydroxylation is 1. The van der Waals surface area contributed by atoms with Crippen LogP contribution >= 0.6 is 0 Å². The second-order valence-electron chi connectivity index (χ2n) is 5.69. The van der Waals surface area contributed by atoms with Crippen molar-refractivity contribution in [3.05, 3.63) is 35.4 Å². The van der Waals surface area contributed by atoms with Gasteiger partial charge in [-0.3, -0.25) is 4.79 Å². The van der Waals surface area contributed by atoms with Crippen LogP contribution in [0.3, 0.4) is 0 Å². The van der Waals surface area contributed by atoms with Crippen molar-refractivity contribution in [2.45, 2.75) is 45.1 Å². The maximum atomic E-state index is 12.4. The standard InChI is InChI=1S/C16H23N3O2/c1-11-7-5-6-10-13(11)16(20)18-14(15(17)19-21)12-8-3-2-4-9-12/h5-7,10,12,14,21H,2-4,8-9H2,1H3,(H2,17,19)(H,18,20). The van der Waals surface area contributed by atoms with Gasteiger partial charge in [0.05, 0.1) is 6.04 Å². The largest absolute Gasteiger partial charge is 0.409 e. The van der Waals surface area contributed by atoms with Gasteiger partial charge in [0, 0.05) is 5.56 Å². The van der Waals surface area contributed by atoms with Gasteiger partial charge in [-0.25, -0.2) is 0 Å². The lowest BCUT2D eigenvalue weighted by atomic mass is 9.83. The zero-order valence-electron chi connectivity index (χ0n) is 12.4. The Bertz CT molecular complexity index is 522. The third kappa shape index (κ3) is 3.74. The number of amidine groups is 1. The van der Waals surface area contributed by atoms with E-state index < -0.39 is 6.04 Å².